The van der Waals surface area contributed by atoms with Crippen molar-refractivity contribution >= 4 is 33.8 Å². The zero-order valence-electron chi connectivity index (χ0n) is 11.4. The summed E-state index contributed by atoms with van der Waals surface area (Å²) in [6, 6.07) is 24.1. The lowest BCUT2D eigenvalue weighted by Gasteiger charge is -1.90. The topological polar surface area (TPSA) is 24.7 Å². The molecule has 0 saturated heterocycles. The Bertz CT molecular complexity index is 679. The number of hydrogen-bond donors (Lipinski definition) is 0. The molecule has 0 N–H and O–H groups in total. The van der Waals surface area contributed by atoms with Gasteiger partial charge in [-0.2, -0.15) is 0 Å². The molecule has 1 aromatic heterocycles. The van der Waals surface area contributed by atoms with Gasteiger partial charge in [-0.05, 0) is 23.3 Å². The average molecular weight is 290 g/mol. The molecular weight excluding hydrogens is 276 g/mol. The van der Waals surface area contributed by atoms with Crippen LogP contribution in [0.1, 0.15) is 11.1 Å². The van der Waals surface area contributed by atoms with Crippen molar-refractivity contribution in [1.29, 1.82) is 0 Å². The number of hydrogen-bond acceptors (Lipinski definition) is 3. The highest BCUT2D eigenvalue weighted by atomic mass is 32.1. The maximum Gasteiger partial charge on any atom is 0.118 e. The molecule has 0 unspecified atom stereocenters. The van der Waals surface area contributed by atoms with Gasteiger partial charge in [-0.25, -0.2) is 9.98 Å². The van der Waals surface area contributed by atoms with Gasteiger partial charge in [-0.3, -0.25) is 0 Å². The van der Waals surface area contributed by atoms with E-state index in [2.05, 4.69) is 9.98 Å². The second-order valence-corrected chi connectivity index (χ2v) is 5.49. The van der Waals surface area contributed by atoms with Gasteiger partial charge in [0, 0.05) is 12.4 Å². The lowest BCUT2D eigenvalue weighted by atomic mass is 10.2. The third kappa shape index (κ3) is 3.97. The summed E-state index contributed by atoms with van der Waals surface area (Å²) in [4.78, 5) is 8.94. The molecule has 3 rings (SSSR count). The molecule has 3 heteroatoms. The van der Waals surface area contributed by atoms with E-state index in [4.69, 9.17) is 0 Å². The van der Waals surface area contributed by atoms with E-state index in [1.807, 2.05) is 85.2 Å². The van der Waals surface area contributed by atoms with Gasteiger partial charge in [0.05, 0.1) is 0 Å². The standard InChI is InChI=1S/C18H14N2S/c1-3-7-15(8-4-1)13-19-17-11-12-18(21-17)20-14-16-9-5-2-6-10-16/h1-14H/b19-13+,20-14+. The smallest absolute Gasteiger partial charge is 0.118 e. The molecule has 0 bridgehead atoms. The van der Waals surface area contributed by atoms with E-state index in [1.165, 1.54) is 0 Å². The molecule has 3 aromatic rings. The van der Waals surface area contributed by atoms with Crippen LogP contribution in [-0.2, 0) is 0 Å². The van der Waals surface area contributed by atoms with E-state index in [0.29, 0.717) is 0 Å². The van der Waals surface area contributed by atoms with Gasteiger partial charge in [-0.1, -0.05) is 72.0 Å². The first kappa shape index (κ1) is 13.5. The molecule has 1 heterocycles. The summed E-state index contributed by atoms with van der Waals surface area (Å²) in [5.41, 5.74) is 2.19. The van der Waals surface area contributed by atoms with Crippen LogP contribution in [0.2, 0.25) is 0 Å². The van der Waals surface area contributed by atoms with E-state index in [0.717, 1.165) is 21.1 Å². The van der Waals surface area contributed by atoms with Crippen molar-refractivity contribution in [2.24, 2.45) is 9.98 Å². The third-order valence-corrected chi connectivity index (χ3v) is 3.76. The van der Waals surface area contributed by atoms with E-state index in [1.54, 1.807) is 11.3 Å². The number of aliphatic imine (C=N–C) groups is 2. The fourth-order valence-electron chi connectivity index (χ4n) is 1.81. The summed E-state index contributed by atoms with van der Waals surface area (Å²) in [5, 5.41) is 1.91. The first-order valence-electron chi connectivity index (χ1n) is 6.68. The molecular formula is C18H14N2S. The Labute approximate surface area is 128 Å². The van der Waals surface area contributed by atoms with Crippen LogP contribution in [0.15, 0.2) is 82.8 Å². The van der Waals surface area contributed by atoms with Crippen LogP contribution in [0.25, 0.3) is 0 Å². The Hall–Kier alpha value is -2.52. The second kappa shape index (κ2) is 6.77. The molecule has 0 saturated carbocycles. The van der Waals surface area contributed by atoms with Gasteiger partial charge in [0.1, 0.15) is 10.0 Å². The summed E-state index contributed by atoms with van der Waals surface area (Å²) >= 11 is 1.58. The number of benzene rings is 2. The van der Waals surface area contributed by atoms with E-state index in [9.17, 15) is 0 Å². The Balaban J connectivity index is 1.69. The molecule has 102 valence electrons. The van der Waals surface area contributed by atoms with Crippen LogP contribution >= 0.6 is 11.3 Å². The molecule has 2 nitrogen and oxygen atoms in total. The summed E-state index contributed by atoms with van der Waals surface area (Å²) in [6.07, 6.45) is 3.74. The minimum atomic E-state index is 0.957. The van der Waals surface area contributed by atoms with Crippen molar-refractivity contribution in [3.05, 3.63) is 83.9 Å². The Morgan fingerprint density at radius 1 is 0.571 bits per heavy atom. The molecule has 0 radical (unpaired) electrons. The lowest BCUT2D eigenvalue weighted by Crippen LogP contribution is -1.76. The fraction of sp³-hybridized carbons (Fsp3) is 0. The molecule has 0 aliphatic heterocycles. The second-order valence-electron chi connectivity index (χ2n) is 4.45. The minimum Gasteiger partial charge on any atom is -0.245 e. The summed E-state index contributed by atoms with van der Waals surface area (Å²) in [6.45, 7) is 0. The predicted molar refractivity (Wildman–Crippen MR) is 91.7 cm³/mol. The quantitative estimate of drug-likeness (QED) is 0.586. The largest absolute Gasteiger partial charge is 0.245 e. The first-order chi connectivity index (χ1) is 10.4. The van der Waals surface area contributed by atoms with Gasteiger partial charge in [0.15, 0.2) is 0 Å². The van der Waals surface area contributed by atoms with Gasteiger partial charge in [0.2, 0.25) is 0 Å². The minimum absolute atomic E-state index is 0.957. The highest BCUT2D eigenvalue weighted by molar-refractivity contribution is 7.19. The summed E-state index contributed by atoms with van der Waals surface area (Å²) in [5.74, 6) is 0. The van der Waals surface area contributed by atoms with E-state index < -0.39 is 0 Å². The molecule has 0 amide bonds. The van der Waals surface area contributed by atoms with Gasteiger partial charge in [-0.15, -0.1) is 0 Å². The Morgan fingerprint density at radius 3 is 1.43 bits per heavy atom. The summed E-state index contributed by atoms with van der Waals surface area (Å²) in [7, 11) is 0. The summed E-state index contributed by atoms with van der Waals surface area (Å²) < 4.78 is 0. The van der Waals surface area contributed by atoms with Crippen LogP contribution in [-0.4, -0.2) is 12.4 Å². The molecule has 21 heavy (non-hydrogen) atoms. The van der Waals surface area contributed by atoms with Crippen molar-refractivity contribution < 1.29 is 0 Å². The van der Waals surface area contributed by atoms with Crippen LogP contribution in [0, 0.1) is 0 Å². The fourth-order valence-corrected chi connectivity index (χ4v) is 2.51. The molecule has 0 atom stereocenters. The van der Waals surface area contributed by atoms with Crippen LogP contribution in [0.4, 0.5) is 10.0 Å². The van der Waals surface area contributed by atoms with Crippen LogP contribution < -0.4 is 0 Å². The zero-order chi connectivity index (χ0) is 14.3. The maximum atomic E-state index is 4.47. The van der Waals surface area contributed by atoms with Crippen molar-refractivity contribution in [2.45, 2.75) is 0 Å². The predicted octanol–water partition coefficient (Wildman–Crippen LogP) is 5.25. The average Bonchev–Trinajstić information content (AvgIpc) is 3.01. The van der Waals surface area contributed by atoms with Crippen molar-refractivity contribution in [2.75, 3.05) is 0 Å². The first-order valence-corrected chi connectivity index (χ1v) is 7.50. The molecule has 0 aliphatic rings. The molecule has 0 spiro atoms. The van der Waals surface area contributed by atoms with Crippen LogP contribution in [0.5, 0.6) is 0 Å². The third-order valence-electron chi connectivity index (χ3n) is 2.86. The van der Waals surface area contributed by atoms with Crippen molar-refractivity contribution in [1.82, 2.24) is 0 Å². The van der Waals surface area contributed by atoms with Gasteiger partial charge >= 0.3 is 0 Å². The van der Waals surface area contributed by atoms with E-state index in [-0.39, 0.29) is 0 Å². The van der Waals surface area contributed by atoms with Gasteiger partial charge in [0.25, 0.3) is 0 Å². The lowest BCUT2D eigenvalue weighted by molar-refractivity contribution is 1.60. The zero-order valence-corrected chi connectivity index (χ0v) is 12.2. The highest BCUT2D eigenvalue weighted by Crippen LogP contribution is 2.31. The maximum absolute atomic E-state index is 4.47. The van der Waals surface area contributed by atoms with E-state index >= 15 is 0 Å². The monoisotopic (exact) mass is 290 g/mol. The molecule has 0 fully saturated rings. The number of nitrogens with zero attached hydrogens (tertiary/aromatic N) is 2. The highest BCUT2D eigenvalue weighted by Gasteiger charge is 1.96. The van der Waals surface area contributed by atoms with Crippen molar-refractivity contribution in [3.63, 3.8) is 0 Å². The normalized spacial score (nSPS) is 11.4. The Kier molecular flexibility index (Phi) is 4.34. The number of rotatable bonds is 4. The Morgan fingerprint density at radius 2 is 1.00 bits per heavy atom. The number of thiophene rings is 1. The molecule has 2 aromatic carbocycles. The van der Waals surface area contributed by atoms with Gasteiger partial charge < -0.3 is 0 Å². The SMILES string of the molecule is C(=N\c1ccc(/N=C/c2ccccc2)s1)/c1ccccc1. The molecule has 0 aliphatic carbocycles. The van der Waals surface area contributed by atoms with Crippen LogP contribution in [0.3, 0.4) is 0 Å². The van der Waals surface area contributed by atoms with Crippen molar-refractivity contribution in [3.8, 4) is 0 Å².